The standard InChI is InChI=1S/C10H19N3O2/c1-3-4-7-13(2)9(14)10(5-6-10)8(11)12-15/h15H,3-7H2,1-2H3,(H2,11,12). The number of nitrogens with zero attached hydrogens (tertiary/aromatic N) is 2. The van der Waals surface area contributed by atoms with E-state index in [4.69, 9.17) is 10.9 Å². The van der Waals surface area contributed by atoms with Crippen LogP contribution in [-0.4, -0.2) is 35.4 Å². The molecule has 0 aromatic rings. The van der Waals surface area contributed by atoms with Crippen molar-refractivity contribution in [3.63, 3.8) is 0 Å². The maximum absolute atomic E-state index is 12.0. The van der Waals surface area contributed by atoms with Crippen LogP contribution in [0.1, 0.15) is 32.6 Å². The molecule has 15 heavy (non-hydrogen) atoms. The summed E-state index contributed by atoms with van der Waals surface area (Å²) in [7, 11) is 1.77. The van der Waals surface area contributed by atoms with Crippen molar-refractivity contribution in [3.8, 4) is 0 Å². The van der Waals surface area contributed by atoms with Gasteiger partial charge in [0.15, 0.2) is 5.84 Å². The van der Waals surface area contributed by atoms with Crippen molar-refractivity contribution in [2.24, 2.45) is 16.3 Å². The first-order valence-electron chi connectivity index (χ1n) is 5.32. The monoisotopic (exact) mass is 213 g/mol. The highest BCUT2D eigenvalue weighted by molar-refractivity contribution is 6.09. The van der Waals surface area contributed by atoms with E-state index < -0.39 is 5.41 Å². The van der Waals surface area contributed by atoms with Gasteiger partial charge >= 0.3 is 0 Å². The van der Waals surface area contributed by atoms with Crippen molar-refractivity contribution in [2.75, 3.05) is 13.6 Å². The van der Waals surface area contributed by atoms with Crippen LogP contribution in [-0.2, 0) is 4.79 Å². The lowest BCUT2D eigenvalue weighted by Gasteiger charge is -2.22. The first-order chi connectivity index (χ1) is 7.08. The fraction of sp³-hybridized carbons (Fsp3) is 0.800. The molecular formula is C10H19N3O2. The van der Waals surface area contributed by atoms with Gasteiger partial charge in [-0.3, -0.25) is 4.79 Å². The van der Waals surface area contributed by atoms with Crippen LogP contribution in [0.15, 0.2) is 5.16 Å². The second-order valence-corrected chi connectivity index (χ2v) is 4.15. The van der Waals surface area contributed by atoms with Crippen LogP contribution >= 0.6 is 0 Å². The highest BCUT2D eigenvalue weighted by Gasteiger charge is 2.55. The molecule has 0 aromatic heterocycles. The molecule has 1 rings (SSSR count). The number of amides is 1. The predicted octanol–water partition coefficient (Wildman–Crippen LogP) is 0.771. The third kappa shape index (κ3) is 2.22. The van der Waals surface area contributed by atoms with E-state index in [-0.39, 0.29) is 11.7 Å². The van der Waals surface area contributed by atoms with Gasteiger partial charge in [-0.05, 0) is 19.3 Å². The summed E-state index contributed by atoms with van der Waals surface area (Å²) in [5, 5.41) is 11.6. The van der Waals surface area contributed by atoms with Gasteiger partial charge in [0.2, 0.25) is 5.91 Å². The average molecular weight is 213 g/mol. The first kappa shape index (κ1) is 11.8. The van der Waals surface area contributed by atoms with E-state index in [1.807, 2.05) is 0 Å². The Hall–Kier alpha value is -1.26. The second-order valence-electron chi connectivity index (χ2n) is 4.15. The number of oxime groups is 1. The number of unbranched alkanes of at least 4 members (excludes halogenated alkanes) is 1. The lowest BCUT2D eigenvalue weighted by Crippen LogP contribution is -2.42. The summed E-state index contributed by atoms with van der Waals surface area (Å²) in [6, 6.07) is 0. The molecule has 0 unspecified atom stereocenters. The van der Waals surface area contributed by atoms with E-state index in [2.05, 4.69) is 12.1 Å². The zero-order chi connectivity index (χ0) is 11.5. The number of carbonyl (C=O) groups is 1. The van der Waals surface area contributed by atoms with Crippen LogP contribution in [0.2, 0.25) is 0 Å². The minimum Gasteiger partial charge on any atom is -0.409 e. The number of amidine groups is 1. The zero-order valence-electron chi connectivity index (χ0n) is 9.36. The van der Waals surface area contributed by atoms with Gasteiger partial charge < -0.3 is 15.8 Å². The Balaban J connectivity index is 2.60. The van der Waals surface area contributed by atoms with E-state index in [9.17, 15) is 4.79 Å². The molecule has 1 aliphatic rings. The highest BCUT2D eigenvalue weighted by Crippen LogP contribution is 2.47. The Morgan fingerprint density at radius 2 is 2.20 bits per heavy atom. The summed E-state index contributed by atoms with van der Waals surface area (Å²) in [5.41, 5.74) is 4.84. The Bertz CT molecular complexity index is 272. The summed E-state index contributed by atoms with van der Waals surface area (Å²) >= 11 is 0. The van der Waals surface area contributed by atoms with Crippen molar-refractivity contribution < 1.29 is 10.0 Å². The maximum atomic E-state index is 12.0. The molecule has 1 aliphatic carbocycles. The lowest BCUT2D eigenvalue weighted by molar-refractivity contribution is -0.133. The Kier molecular flexibility index (Phi) is 3.55. The van der Waals surface area contributed by atoms with Gasteiger partial charge in [0.25, 0.3) is 0 Å². The Labute approximate surface area is 89.9 Å². The molecule has 0 radical (unpaired) electrons. The van der Waals surface area contributed by atoms with Crippen LogP contribution in [0.25, 0.3) is 0 Å². The molecule has 0 aromatic carbocycles. The molecule has 1 fully saturated rings. The molecule has 0 spiro atoms. The number of nitrogens with two attached hydrogens (primary N) is 1. The molecule has 0 bridgehead atoms. The molecule has 0 atom stereocenters. The van der Waals surface area contributed by atoms with E-state index in [1.165, 1.54) is 0 Å². The molecule has 5 heteroatoms. The van der Waals surface area contributed by atoms with Gasteiger partial charge in [-0.15, -0.1) is 0 Å². The molecule has 0 heterocycles. The van der Waals surface area contributed by atoms with Gasteiger partial charge in [0.1, 0.15) is 5.41 Å². The van der Waals surface area contributed by atoms with Gasteiger partial charge in [-0.25, -0.2) is 0 Å². The van der Waals surface area contributed by atoms with Crippen molar-refractivity contribution in [2.45, 2.75) is 32.6 Å². The number of rotatable bonds is 5. The van der Waals surface area contributed by atoms with Gasteiger partial charge in [0.05, 0.1) is 0 Å². The largest absolute Gasteiger partial charge is 0.409 e. The summed E-state index contributed by atoms with van der Waals surface area (Å²) in [6.07, 6.45) is 3.42. The van der Waals surface area contributed by atoms with Crippen LogP contribution in [0, 0.1) is 5.41 Å². The van der Waals surface area contributed by atoms with Crippen molar-refractivity contribution >= 4 is 11.7 Å². The molecular weight excluding hydrogens is 194 g/mol. The molecule has 0 aliphatic heterocycles. The van der Waals surface area contributed by atoms with Gasteiger partial charge in [0, 0.05) is 13.6 Å². The smallest absolute Gasteiger partial charge is 0.236 e. The lowest BCUT2D eigenvalue weighted by atomic mass is 10.0. The third-order valence-corrected chi connectivity index (χ3v) is 2.95. The van der Waals surface area contributed by atoms with E-state index in [0.29, 0.717) is 12.8 Å². The maximum Gasteiger partial charge on any atom is 0.236 e. The minimum absolute atomic E-state index is 0.0220. The molecule has 5 nitrogen and oxygen atoms in total. The van der Waals surface area contributed by atoms with Crippen LogP contribution in [0.4, 0.5) is 0 Å². The zero-order valence-corrected chi connectivity index (χ0v) is 9.36. The van der Waals surface area contributed by atoms with Crippen LogP contribution < -0.4 is 5.73 Å². The van der Waals surface area contributed by atoms with Crippen LogP contribution in [0.5, 0.6) is 0 Å². The summed E-state index contributed by atoms with van der Waals surface area (Å²) in [4.78, 5) is 13.7. The fourth-order valence-electron chi connectivity index (χ4n) is 1.66. The third-order valence-electron chi connectivity index (χ3n) is 2.95. The Morgan fingerprint density at radius 3 is 2.60 bits per heavy atom. The summed E-state index contributed by atoms with van der Waals surface area (Å²) < 4.78 is 0. The molecule has 0 saturated heterocycles. The molecule has 3 N–H and O–H groups in total. The quantitative estimate of drug-likeness (QED) is 0.306. The van der Waals surface area contributed by atoms with Crippen molar-refractivity contribution in [3.05, 3.63) is 0 Å². The SMILES string of the molecule is CCCCN(C)C(=O)C1(C(N)=NO)CC1. The average Bonchev–Trinajstić information content (AvgIpc) is 3.04. The fourth-order valence-corrected chi connectivity index (χ4v) is 1.66. The predicted molar refractivity (Wildman–Crippen MR) is 57.6 cm³/mol. The van der Waals surface area contributed by atoms with E-state index in [0.717, 1.165) is 19.4 Å². The van der Waals surface area contributed by atoms with Gasteiger partial charge in [-0.1, -0.05) is 18.5 Å². The molecule has 86 valence electrons. The van der Waals surface area contributed by atoms with Crippen molar-refractivity contribution in [1.82, 2.24) is 4.90 Å². The molecule has 1 amide bonds. The summed E-state index contributed by atoms with van der Waals surface area (Å²) in [6.45, 7) is 2.81. The summed E-state index contributed by atoms with van der Waals surface area (Å²) in [5.74, 6) is 0.0297. The first-order valence-corrected chi connectivity index (χ1v) is 5.32. The number of hydrogen-bond donors (Lipinski definition) is 2. The second kappa shape index (κ2) is 4.51. The topological polar surface area (TPSA) is 78.9 Å². The van der Waals surface area contributed by atoms with Crippen LogP contribution in [0.3, 0.4) is 0 Å². The van der Waals surface area contributed by atoms with E-state index >= 15 is 0 Å². The minimum atomic E-state index is -0.697. The van der Waals surface area contributed by atoms with Crippen molar-refractivity contribution in [1.29, 1.82) is 0 Å². The molecule has 1 saturated carbocycles. The number of hydrogen-bond acceptors (Lipinski definition) is 3. The Morgan fingerprint density at radius 1 is 1.60 bits per heavy atom. The number of carbonyl (C=O) groups excluding carboxylic acids is 1. The highest BCUT2D eigenvalue weighted by atomic mass is 16.4. The van der Waals surface area contributed by atoms with E-state index in [1.54, 1.807) is 11.9 Å². The van der Waals surface area contributed by atoms with Gasteiger partial charge in [-0.2, -0.15) is 0 Å². The normalized spacial score (nSPS) is 18.7.